The largest absolute Gasteiger partial charge is 0.299 e. The van der Waals surface area contributed by atoms with Gasteiger partial charge >= 0.3 is 0 Å². The molecule has 0 aromatic heterocycles. The molecule has 1 rings (SSSR count). The second kappa shape index (κ2) is 4.95. The minimum absolute atomic E-state index is 0.222. The van der Waals surface area contributed by atoms with Gasteiger partial charge in [-0.25, -0.2) is 0 Å². The van der Waals surface area contributed by atoms with Crippen molar-refractivity contribution in [2.75, 3.05) is 0 Å². The van der Waals surface area contributed by atoms with Crippen molar-refractivity contribution in [2.45, 2.75) is 53.4 Å². The zero-order valence-electron chi connectivity index (χ0n) is 10.0. The molecule has 1 aliphatic carbocycles. The minimum atomic E-state index is 0.222. The summed E-state index contributed by atoms with van der Waals surface area (Å²) in [6.07, 6.45) is 5.01. The molecule has 1 aliphatic rings. The van der Waals surface area contributed by atoms with E-state index in [1.165, 1.54) is 19.3 Å². The van der Waals surface area contributed by atoms with E-state index in [-0.39, 0.29) is 5.92 Å². The summed E-state index contributed by atoms with van der Waals surface area (Å²) in [4.78, 5) is 12.0. The Labute approximate surface area is 88.3 Å². The van der Waals surface area contributed by atoms with Crippen molar-refractivity contribution in [1.29, 1.82) is 0 Å². The quantitative estimate of drug-likeness (QED) is 0.655. The highest BCUT2D eigenvalue weighted by Crippen LogP contribution is 2.38. The van der Waals surface area contributed by atoms with Gasteiger partial charge in [0.05, 0.1) is 0 Å². The van der Waals surface area contributed by atoms with Gasteiger partial charge in [-0.1, -0.05) is 34.1 Å². The molecule has 1 atom stereocenters. The van der Waals surface area contributed by atoms with E-state index in [2.05, 4.69) is 13.8 Å². The maximum atomic E-state index is 12.0. The summed E-state index contributed by atoms with van der Waals surface area (Å²) >= 11 is 0. The van der Waals surface area contributed by atoms with Crippen LogP contribution in [0, 0.1) is 23.7 Å². The monoisotopic (exact) mass is 196 g/mol. The Hall–Kier alpha value is -0.330. The molecule has 0 aromatic rings. The van der Waals surface area contributed by atoms with Crippen molar-refractivity contribution in [2.24, 2.45) is 23.7 Å². The van der Waals surface area contributed by atoms with Crippen molar-refractivity contribution in [3.8, 4) is 0 Å². The van der Waals surface area contributed by atoms with E-state index in [1.807, 2.05) is 13.8 Å². The lowest BCUT2D eigenvalue weighted by Gasteiger charge is -2.34. The highest BCUT2D eigenvalue weighted by atomic mass is 16.1. The first-order valence-electron chi connectivity index (χ1n) is 6.06. The van der Waals surface area contributed by atoms with E-state index >= 15 is 0 Å². The zero-order valence-corrected chi connectivity index (χ0v) is 10.0. The average Bonchev–Trinajstić information content (AvgIpc) is 1.97. The van der Waals surface area contributed by atoms with Crippen LogP contribution in [-0.2, 0) is 4.79 Å². The number of hydrogen-bond acceptors (Lipinski definition) is 1. The van der Waals surface area contributed by atoms with Gasteiger partial charge in [-0.2, -0.15) is 0 Å². The van der Waals surface area contributed by atoms with Gasteiger partial charge in [0.25, 0.3) is 0 Å². The van der Waals surface area contributed by atoms with Crippen LogP contribution >= 0.6 is 0 Å². The Balaban J connectivity index is 2.55. The van der Waals surface area contributed by atoms with Crippen LogP contribution in [0.25, 0.3) is 0 Å². The fourth-order valence-electron chi connectivity index (χ4n) is 2.32. The maximum absolute atomic E-state index is 12.0. The average molecular weight is 196 g/mol. The predicted octanol–water partition coefficient (Wildman–Crippen LogP) is 3.67. The van der Waals surface area contributed by atoms with Crippen molar-refractivity contribution in [3.05, 3.63) is 0 Å². The third-order valence-corrected chi connectivity index (χ3v) is 3.38. The Bertz CT molecular complexity index is 189. The topological polar surface area (TPSA) is 17.1 Å². The maximum Gasteiger partial charge on any atom is 0.138 e. The van der Waals surface area contributed by atoms with Crippen molar-refractivity contribution in [1.82, 2.24) is 0 Å². The molecule has 0 bridgehead atoms. The van der Waals surface area contributed by atoms with E-state index < -0.39 is 0 Å². The van der Waals surface area contributed by atoms with Crippen LogP contribution in [0.4, 0.5) is 0 Å². The van der Waals surface area contributed by atoms with Crippen LogP contribution in [0.2, 0.25) is 0 Å². The Morgan fingerprint density at radius 2 is 1.79 bits per heavy atom. The van der Waals surface area contributed by atoms with E-state index in [4.69, 9.17) is 0 Å². The van der Waals surface area contributed by atoms with Crippen LogP contribution in [0.1, 0.15) is 53.4 Å². The van der Waals surface area contributed by atoms with Crippen molar-refractivity contribution < 1.29 is 4.79 Å². The number of Topliss-reactive ketones (excluding diaryl/α,β-unsaturated/α-hetero) is 1. The van der Waals surface area contributed by atoms with Crippen LogP contribution in [0.5, 0.6) is 0 Å². The molecular formula is C13H24O. The molecule has 0 radical (unpaired) electrons. The fraction of sp³-hybridized carbons (Fsp3) is 0.923. The molecule has 1 fully saturated rings. The molecule has 0 spiro atoms. The number of carbonyl (C=O) groups is 1. The minimum Gasteiger partial charge on any atom is -0.299 e. The van der Waals surface area contributed by atoms with E-state index in [0.717, 1.165) is 6.42 Å². The van der Waals surface area contributed by atoms with Crippen LogP contribution in [0.3, 0.4) is 0 Å². The van der Waals surface area contributed by atoms with Crippen molar-refractivity contribution in [3.63, 3.8) is 0 Å². The second-order valence-corrected chi connectivity index (χ2v) is 5.48. The molecule has 0 aromatic carbocycles. The summed E-state index contributed by atoms with van der Waals surface area (Å²) in [5.74, 6) is 2.46. The molecule has 1 saturated carbocycles. The second-order valence-electron chi connectivity index (χ2n) is 5.48. The smallest absolute Gasteiger partial charge is 0.138 e. The van der Waals surface area contributed by atoms with Gasteiger partial charge in [-0.05, 0) is 31.1 Å². The van der Waals surface area contributed by atoms with E-state index in [9.17, 15) is 4.79 Å². The SMILES string of the molecule is CC(C)C[C@H](C(=O)C(C)C)C1CCC1. The molecule has 1 nitrogen and oxygen atoms in total. The van der Waals surface area contributed by atoms with Crippen molar-refractivity contribution >= 4 is 5.78 Å². The van der Waals surface area contributed by atoms with Gasteiger partial charge in [-0.3, -0.25) is 4.79 Å². The highest BCUT2D eigenvalue weighted by Gasteiger charge is 2.33. The molecule has 0 aliphatic heterocycles. The van der Waals surface area contributed by atoms with Gasteiger partial charge < -0.3 is 0 Å². The fourth-order valence-corrected chi connectivity index (χ4v) is 2.32. The van der Waals surface area contributed by atoms with Gasteiger partial charge in [-0.15, -0.1) is 0 Å². The molecule has 0 unspecified atom stereocenters. The summed E-state index contributed by atoms with van der Waals surface area (Å²) in [6.45, 7) is 8.52. The summed E-state index contributed by atoms with van der Waals surface area (Å²) in [6, 6.07) is 0. The first-order chi connectivity index (χ1) is 6.52. The highest BCUT2D eigenvalue weighted by molar-refractivity contribution is 5.83. The molecule has 1 heteroatoms. The summed E-state index contributed by atoms with van der Waals surface area (Å²) in [5, 5.41) is 0. The summed E-state index contributed by atoms with van der Waals surface area (Å²) < 4.78 is 0. The Kier molecular flexibility index (Phi) is 4.15. The lowest BCUT2D eigenvalue weighted by molar-refractivity contribution is -0.129. The number of hydrogen-bond donors (Lipinski definition) is 0. The van der Waals surface area contributed by atoms with Crippen LogP contribution < -0.4 is 0 Å². The van der Waals surface area contributed by atoms with Gasteiger partial charge in [0.15, 0.2) is 0 Å². The summed E-state index contributed by atoms with van der Waals surface area (Å²) in [5.41, 5.74) is 0. The normalized spacial score (nSPS) is 19.9. The number of ketones is 1. The van der Waals surface area contributed by atoms with E-state index in [0.29, 0.717) is 23.5 Å². The van der Waals surface area contributed by atoms with Gasteiger partial charge in [0, 0.05) is 11.8 Å². The summed E-state index contributed by atoms with van der Waals surface area (Å²) in [7, 11) is 0. The van der Waals surface area contributed by atoms with Crippen LogP contribution in [-0.4, -0.2) is 5.78 Å². The first kappa shape index (κ1) is 11.7. The molecule has 0 N–H and O–H groups in total. The Morgan fingerprint density at radius 1 is 1.21 bits per heavy atom. The third kappa shape index (κ3) is 2.83. The number of rotatable bonds is 5. The lowest BCUT2D eigenvalue weighted by Crippen LogP contribution is -2.32. The van der Waals surface area contributed by atoms with Gasteiger partial charge in [0.2, 0.25) is 0 Å². The zero-order chi connectivity index (χ0) is 10.7. The molecule has 14 heavy (non-hydrogen) atoms. The lowest BCUT2D eigenvalue weighted by atomic mass is 9.69. The molecule has 0 amide bonds. The van der Waals surface area contributed by atoms with Gasteiger partial charge in [0.1, 0.15) is 5.78 Å². The predicted molar refractivity (Wildman–Crippen MR) is 60.1 cm³/mol. The van der Waals surface area contributed by atoms with E-state index in [1.54, 1.807) is 0 Å². The Morgan fingerprint density at radius 3 is 2.07 bits per heavy atom. The molecular weight excluding hydrogens is 172 g/mol. The first-order valence-corrected chi connectivity index (χ1v) is 6.06. The third-order valence-electron chi connectivity index (χ3n) is 3.38. The van der Waals surface area contributed by atoms with Crippen LogP contribution in [0.15, 0.2) is 0 Å². The molecule has 82 valence electrons. The molecule has 0 saturated heterocycles. The number of carbonyl (C=O) groups excluding carboxylic acids is 1. The standard InChI is InChI=1S/C13H24O/c1-9(2)8-12(11-6-5-7-11)13(14)10(3)4/h9-12H,5-8H2,1-4H3/t12-/m0/s1. The molecule has 0 heterocycles.